The first-order valence-corrected chi connectivity index (χ1v) is 11.6. The average Bonchev–Trinajstić information content (AvgIpc) is 2.87. The molecule has 1 heterocycles. The Morgan fingerprint density at radius 3 is 2.35 bits per heavy atom. The monoisotopic (exact) mass is 487 g/mol. The maximum atomic E-state index is 13.0. The van der Waals surface area contributed by atoms with E-state index < -0.39 is 11.9 Å². The van der Waals surface area contributed by atoms with Crippen molar-refractivity contribution in [2.45, 2.75) is 18.9 Å². The molecule has 3 rings (SSSR count). The molecule has 0 aliphatic carbocycles. The van der Waals surface area contributed by atoms with Crippen LogP contribution in [0.4, 0.5) is 0 Å². The lowest BCUT2D eigenvalue weighted by Crippen LogP contribution is -2.54. The van der Waals surface area contributed by atoms with Crippen LogP contribution in [-0.4, -0.2) is 69.1 Å². The third kappa shape index (κ3) is 6.48. The van der Waals surface area contributed by atoms with Crippen molar-refractivity contribution in [1.29, 1.82) is 0 Å². The number of likely N-dealkylation sites (tertiary alicyclic amines) is 1. The maximum Gasteiger partial charge on any atom is 0.253 e. The number of piperidine rings is 1. The quantitative estimate of drug-likeness (QED) is 0.530. The highest BCUT2D eigenvalue weighted by molar-refractivity contribution is 6.33. The molecule has 0 saturated carbocycles. The molecular formula is C25H30ClN3O5. The Bertz CT molecular complexity index is 990. The number of nitrogens with one attached hydrogen (secondary N) is 2. The second kappa shape index (κ2) is 12.4. The topological polar surface area (TPSA) is 97.0 Å². The third-order valence-corrected chi connectivity index (χ3v) is 6.26. The SMILES string of the molecule is COCCNC(=O)C(NC(=O)c1ccccc1Cl)C1CCN(C(=O)c2ccc(OC)cc2)CC1. The summed E-state index contributed by atoms with van der Waals surface area (Å²) in [5, 5.41) is 6.00. The Morgan fingerprint density at radius 2 is 1.74 bits per heavy atom. The van der Waals surface area contributed by atoms with Gasteiger partial charge in [0, 0.05) is 32.3 Å². The van der Waals surface area contributed by atoms with Crippen LogP contribution in [0.25, 0.3) is 0 Å². The molecule has 2 aromatic carbocycles. The zero-order chi connectivity index (χ0) is 24.5. The average molecular weight is 488 g/mol. The molecule has 0 bridgehead atoms. The van der Waals surface area contributed by atoms with Gasteiger partial charge in [0.05, 0.1) is 24.3 Å². The van der Waals surface area contributed by atoms with E-state index in [0.717, 1.165) is 0 Å². The lowest BCUT2D eigenvalue weighted by atomic mass is 9.88. The molecule has 1 saturated heterocycles. The molecular weight excluding hydrogens is 458 g/mol. The fraction of sp³-hybridized carbons (Fsp3) is 0.400. The van der Waals surface area contributed by atoms with Gasteiger partial charge in [0.1, 0.15) is 11.8 Å². The number of hydrogen-bond acceptors (Lipinski definition) is 5. The summed E-state index contributed by atoms with van der Waals surface area (Å²) in [6.45, 7) is 1.67. The summed E-state index contributed by atoms with van der Waals surface area (Å²) in [6.07, 6.45) is 1.15. The van der Waals surface area contributed by atoms with Gasteiger partial charge in [-0.2, -0.15) is 0 Å². The van der Waals surface area contributed by atoms with Crippen molar-refractivity contribution < 1.29 is 23.9 Å². The van der Waals surface area contributed by atoms with Gasteiger partial charge in [-0.25, -0.2) is 0 Å². The highest BCUT2D eigenvalue weighted by Gasteiger charge is 2.34. The number of carbonyl (C=O) groups is 3. The number of amides is 3. The van der Waals surface area contributed by atoms with Gasteiger partial charge in [0.2, 0.25) is 5.91 Å². The number of rotatable bonds is 9. The third-order valence-electron chi connectivity index (χ3n) is 5.93. The van der Waals surface area contributed by atoms with Crippen molar-refractivity contribution in [3.8, 4) is 5.75 Å². The number of methoxy groups -OCH3 is 2. The van der Waals surface area contributed by atoms with Gasteiger partial charge in [0.15, 0.2) is 0 Å². The molecule has 1 unspecified atom stereocenters. The van der Waals surface area contributed by atoms with Gasteiger partial charge >= 0.3 is 0 Å². The highest BCUT2D eigenvalue weighted by atomic mass is 35.5. The molecule has 2 N–H and O–H groups in total. The first-order chi connectivity index (χ1) is 16.4. The Hall–Kier alpha value is -3.10. The Morgan fingerprint density at radius 1 is 1.06 bits per heavy atom. The van der Waals surface area contributed by atoms with Gasteiger partial charge in [-0.1, -0.05) is 23.7 Å². The molecule has 9 heteroatoms. The number of carbonyl (C=O) groups excluding carboxylic acids is 3. The zero-order valence-corrected chi connectivity index (χ0v) is 20.1. The minimum absolute atomic E-state index is 0.0673. The molecule has 1 fully saturated rings. The normalized spacial score (nSPS) is 14.9. The summed E-state index contributed by atoms with van der Waals surface area (Å²) in [5.74, 6) is -0.199. The fourth-order valence-electron chi connectivity index (χ4n) is 4.00. The molecule has 2 aromatic rings. The van der Waals surface area contributed by atoms with Gasteiger partial charge in [-0.15, -0.1) is 0 Å². The summed E-state index contributed by atoms with van der Waals surface area (Å²) >= 11 is 6.17. The van der Waals surface area contributed by atoms with Gasteiger partial charge < -0.3 is 25.0 Å². The van der Waals surface area contributed by atoms with Crippen LogP contribution in [0.3, 0.4) is 0 Å². The molecule has 1 aliphatic rings. The Balaban J connectivity index is 1.67. The van der Waals surface area contributed by atoms with E-state index in [2.05, 4.69) is 10.6 Å². The van der Waals surface area contributed by atoms with Crippen LogP contribution in [0.5, 0.6) is 5.75 Å². The largest absolute Gasteiger partial charge is 0.497 e. The lowest BCUT2D eigenvalue weighted by molar-refractivity contribution is -0.124. The first kappa shape index (κ1) is 25.5. The van der Waals surface area contributed by atoms with E-state index in [4.69, 9.17) is 21.1 Å². The van der Waals surface area contributed by atoms with Gasteiger partial charge in [0.25, 0.3) is 11.8 Å². The molecule has 34 heavy (non-hydrogen) atoms. The second-order valence-electron chi connectivity index (χ2n) is 8.07. The molecule has 0 spiro atoms. The van der Waals surface area contributed by atoms with E-state index in [1.165, 1.54) is 0 Å². The fourth-order valence-corrected chi connectivity index (χ4v) is 4.22. The van der Waals surface area contributed by atoms with E-state index in [9.17, 15) is 14.4 Å². The van der Waals surface area contributed by atoms with Crippen molar-refractivity contribution in [3.63, 3.8) is 0 Å². The minimum Gasteiger partial charge on any atom is -0.497 e. The summed E-state index contributed by atoms with van der Waals surface area (Å²) in [6, 6.07) is 12.9. The summed E-state index contributed by atoms with van der Waals surface area (Å²) in [7, 11) is 3.13. The highest BCUT2D eigenvalue weighted by Crippen LogP contribution is 2.24. The predicted molar refractivity (Wildman–Crippen MR) is 129 cm³/mol. The Labute approximate surface area is 204 Å². The van der Waals surface area contributed by atoms with Crippen LogP contribution < -0.4 is 15.4 Å². The maximum absolute atomic E-state index is 13.0. The van der Waals surface area contributed by atoms with Gasteiger partial charge in [-0.3, -0.25) is 14.4 Å². The Kier molecular flexibility index (Phi) is 9.30. The second-order valence-corrected chi connectivity index (χ2v) is 8.48. The van der Waals surface area contributed by atoms with Crippen LogP contribution in [0, 0.1) is 5.92 Å². The van der Waals surface area contributed by atoms with Crippen molar-refractivity contribution in [3.05, 3.63) is 64.7 Å². The number of nitrogens with zero attached hydrogens (tertiary/aromatic N) is 1. The van der Waals surface area contributed by atoms with Gasteiger partial charge in [-0.05, 0) is 55.2 Å². The molecule has 3 amide bonds. The van der Waals surface area contributed by atoms with Crippen LogP contribution in [-0.2, 0) is 9.53 Å². The van der Waals surface area contributed by atoms with Crippen molar-refractivity contribution in [2.24, 2.45) is 5.92 Å². The zero-order valence-electron chi connectivity index (χ0n) is 19.4. The first-order valence-electron chi connectivity index (χ1n) is 11.2. The van der Waals surface area contributed by atoms with Crippen LogP contribution in [0.1, 0.15) is 33.6 Å². The van der Waals surface area contributed by atoms with Crippen LogP contribution in [0.2, 0.25) is 5.02 Å². The number of ether oxygens (including phenoxy) is 2. The van der Waals surface area contributed by atoms with Crippen LogP contribution >= 0.6 is 11.6 Å². The molecule has 8 nitrogen and oxygen atoms in total. The summed E-state index contributed by atoms with van der Waals surface area (Å²) in [5.41, 5.74) is 0.895. The van der Waals surface area contributed by atoms with E-state index in [0.29, 0.717) is 61.0 Å². The van der Waals surface area contributed by atoms with Crippen LogP contribution in [0.15, 0.2) is 48.5 Å². The smallest absolute Gasteiger partial charge is 0.253 e. The number of hydrogen-bond donors (Lipinski definition) is 2. The lowest BCUT2D eigenvalue weighted by Gasteiger charge is -2.36. The molecule has 0 radical (unpaired) electrons. The van der Waals surface area contributed by atoms with E-state index in [1.807, 2.05) is 0 Å². The summed E-state index contributed by atoms with van der Waals surface area (Å²) < 4.78 is 10.2. The van der Waals surface area contributed by atoms with Crippen molar-refractivity contribution >= 4 is 29.3 Å². The molecule has 1 aliphatic heterocycles. The number of benzene rings is 2. The number of halogens is 1. The predicted octanol–water partition coefficient (Wildman–Crippen LogP) is 2.76. The molecule has 182 valence electrons. The molecule has 1 atom stereocenters. The standard InChI is InChI=1S/C25H30ClN3O5/c1-33-16-13-27-24(31)22(28-23(30)20-5-3-4-6-21(20)26)17-11-14-29(15-12-17)25(32)18-7-9-19(34-2)10-8-18/h3-10,17,22H,11-16H2,1-2H3,(H,27,31)(H,28,30). The van der Waals surface area contributed by atoms with E-state index in [1.54, 1.807) is 67.7 Å². The van der Waals surface area contributed by atoms with Crippen molar-refractivity contribution in [1.82, 2.24) is 15.5 Å². The van der Waals surface area contributed by atoms with Crippen molar-refractivity contribution in [2.75, 3.05) is 40.5 Å². The van der Waals surface area contributed by atoms with E-state index in [-0.39, 0.29) is 17.7 Å². The van der Waals surface area contributed by atoms with E-state index >= 15 is 0 Å². The summed E-state index contributed by atoms with van der Waals surface area (Å²) in [4.78, 5) is 40.5. The minimum atomic E-state index is -0.751. The molecule has 0 aromatic heterocycles.